The molecule has 4 heteroatoms. The molecule has 1 amide bonds. The Hall–Kier alpha value is -1.22. The molecule has 0 spiro atoms. The third-order valence-corrected chi connectivity index (χ3v) is 2.82. The molecule has 0 saturated carbocycles. The van der Waals surface area contributed by atoms with Gasteiger partial charge in [0.1, 0.15) is 17.7 Å². The summed E-state index contributed by atoms with van der Waals surface area (Å²) in [4.78, 5) is 13.4. The zero-order valence-electron chi connectivity index (χ0n) is 9.37. The normalized spacial score (nSPS) is 18.9. The zero-order chi connectivity index (χ0) is 11.7. The second-order valence-electron chi connectivity index (χ2n) is 4.04. The Morgan fingerprint density at radius 3 is 3.06 bits per heavy atom. The molecular weight excluding hydrogens is 226 g/mol. The molecule has 1 aromatic rings. The minimum Gasteiger partial charge on any atom is -0.487 e. The first-order chi connectivity index (χ1) is 7.61. The highest BCUT2D eigenvalue weighted by Crippen LogP contribution is 2.34. The Bertz CT molecular complexity index is 419. The van der Waals surface area contributed by atoms with Gasteiger partial charge >= 0.3 is 0 Å². The summed E-state index contributed by atoms with van der Waals surface area (Å²) < 4.78 is 5.70. The van der Waals surface area contributed by atoms with Gasteiger partial charge in [0.15, 0.2) is 0 Å². The predicted molar refractivity (Wildman–Crippen MR) is 64.3 cm³/mol. The highest BCUT2D eigenvalue weighted by molar-refractivity contribution is 6.29. The molecule has 1 atom stereocenters. The Morgan fingerprint density at radius 2 is 2.38 bits per heavy atom. The predicted octanol–water partition coefficient (Wildman–Crippen LogP) is 2.35. The van der Waals surface area contributed by atoms with Gasteiger partial charge in [-0.2, -0.15) is 0 Å². The van der Waals surface area contributed by atoms with Gasteiger partial charge in [0.2, 0.25) is 5.91 Å². The van der Waals surface area contributed by atoms with Crippen LogP contribution in [0.1, 0.15) is 12.5 Å². The van der Waals surface area contributed by atoms with Crippen LogP contribution < -0.4 is 9.64 Å². The number of amides is 1. The molecule has 3 nitrogen and oxygen atoms in total. The average Bonchev–Trinajstić information content (AvgIpc) is 2.26. The smallest absolute Gasteiger partial charge is 0.242 e. The summed E-state index contributed by atoms with van der Waals surface area (Å²) in [6.07, 6.45) is 0.00136. The first-order valence-electron chi connectivity index (χ1n) is 5.25. The van der Waals surface area contributed by atoms with Crippen LogP contribution in [0.15, 0.2) is 18.2 Å². The Kier molecular flexibility index (Phi) is 3.06. The maximum absolute atomic E-state index is 11.7. The Balaban J connectivity index is 2.41. The van der Waals surface area contributed by atoms with E-state index in [1.54, 1.807) is 4.90 Å². The van der Waals surface area contributed by atoms with Gasteiger partial charge in [0.05, 0.1) is 12.2 Å². The SMILES string of the molecule is Cc1ccc2c(c1)OC(C)CN2C(=O)CCl. The third-order valence-electron chi connectivity index (χ3n) is 2.59. The van der Waals surface area contributed by atoms with Crippen molar-refractivity contribution in [2.75, 3.05) is 17.3 Å². The van der Waals surface area contributed by atoms with Crippen LogP contribution in [0.2, 0.25) is 0 Å². The summed E-state index contributed by atoms with van der Waals surface area (Å²) in [5, 5.41) is 0. The molecule has 1 aromatic carbocycles. The molecule has 0 N–H and O–H groups in total. The number of benzene rings is 1. The molecule has 1 aliphatic heterocycles. The van der Waals surface area contributed by atoms with Crippen molar-refractivity contribution >= 4 is 23.2 Å². The molecule has 1 heterocycles. The molecule has 86 valence electrons. The number of hydrogen-bond donors (Lipinski definition) is 0. The van der Waals surface area contributed by atoms with E-state index < -0.39 is 0 Å². The van der Waals surface area contributed by atoms with Gasteiger partial charge < -0.3 is 9.64 Å². The number of alkyl halides is 1. The maximum atomic E-state index is 11.7. The van der Waals surface area contributed by atoms with Gasteiger partial charge in [-0.1, -0.05) is 6.07 Å². The quantitative estimate of drug-likeness (QED) is 0.704. The van der Waals surface area contributed by atoms with E-state index in [0.29, 0.717) is 6.54 Å². The fraction of sp³-hybridized carbons (Fsp3) is 0.417. The molecule has 0 aliphatic carbocycles. The summed E-state index contributed by atoms with van der Waals surface area (Å²) in [7, 11) is 0. The molecule has 1 aliphatic rings. The number of carbonyl (C=O) groups excluding carboxylic acids is 1. The van der Waals surface area contributed by atoms with Crippen molar-refractivity contribution in [2.45, 2.75) is 20.0 Å². The third kappa shape index (κ3) is 2.00. The minimum atomic E-state index is -0.0816. The number of rotatable bonds is 1. The van der Waals surface area contributed by atoms with E-state index in [9.17, 15) is 4.79 Å². The van der Waals surface area contributed by atoms with Crippen LogP contribution in [-0.4, -0.2) is 24.4 Å². The number of hydrogen-bond acceptors (Lipinski definition) is 2. The molecule has 0 saturated heterocycles. The number of carbonyl (C=O) groups is 1. The zero-order valence-corrected chi connectivity index (χ0v) is 10.1. The first kappa shape index (κ1) is 11.3. The highest BCUT2D eigenvalue weighted by Gasteiger charge is 2.26. The van der Waals surface area contributed by atoms with Crippen molar-refractivity contribution < 1.29 is 9.53 Å². The van der Waals surface area contributed by atoms with E-state index in [1.807, 2.05) is 32.0 Å². The molecule has 0 aromatic heterocycles. The Morgan fingerprint density at radius 1 is 1.62 bits per heavy atom. The second kappa shape index (κ2) is 4.34. The van der Waals surface area contributed by atoms with E-state index in [4.69, 9.17) is 16.3 Å². The molecule has 2 rings (SSSR count). The summed E-state index contributed by atoms with van der Waals surface area (Å²) in [6.45, 7) is 4.50. The van der Waals surface area contributed by atoms with Crippen molar-refractivity contribution in [2.24, 2.45) is 0 Å². The summed E-state index contributed by atoms with van der Waals surface area (Å²) >= 11 is 5.60. The fourth-order valence-electron chi connectivity index (χ4n) is 1.86. The van der Waals surface area contributed by atoms with Crippen molar-refractivity contribution in [3.8, 4) is 5.75 Å². The van der Waals surface area contributed by atoms with Crippen LogP contribution in [0.4, 0.5) is 5.69 Å². The Labute approximate surface area is 100.0 Å². The van der Waals surface area contributed by atoms with E-state index in [1.165, 1.54) is 0 Å². The van der Waals surface area contributed by atoms with E-state index in [2.05, 4.69) is 0 Å². The molecule has 0 fully saturated rings. The lowest BCUT2D eigenvalue weighted by atomic mass is 10.1. The van der Waals surface area contributed by atoms with Gasteiger partial charge in [0, 0.05) is 0 Å². The first-order valence-corrected chi connectivity index (χ1v) is 5.79. The van der Waals surface area contributed by atoms with Crippen molar-refractivity contribution in [1.29, 1.82) is 0 Å². The van der Waals surface area contributed by atoms with Gasteiger partial charge in [-0.25, -0.2) is 0 Å². The second-order valence-corrected chi connectivity index (χ2v) is 4.30. The number of anilines is 1. The van der Waals surface area contributed by atoms with Crippen LogP contribution in [0.3, 0.4) is 0 Å². The largest absolute Gasteiger partial charge is 0.487 e. The van der Waals surface area contributed by atoms with Gasteiger partial charge in [-0.05, 0) is 31.5 Å². The topological polar surface area (TPSA) is 29.5 Å². The lowest BCUT2D eigenvalue weighted by Crippen LogP contribution is -2.42. The lowest BCUT2D eigenvalue weighted by Gasteiger charge is -2.33. The van der Waals surface area contributed by atoms with Gasteiger partial charge in [-0.15, -0.1) is 11.6 Å². The molecule has 0 radical (unpaired) electrons. The monoisotopic (exact) mass is 239 g/mol. The van der Waals surface area contributed by atoms with Crippen molar-refractivity contribution in [1.82, 2.24) is 0 Å². The van der Waals surface area contributed by atoms with Gasteiger partial charge in [0.25, 0.3) is 0 Å². The highest BCUT2D eigenvalue weighted by atomic mass is 35.5. The number of fused-ring (bicyclic) bond motifs is 1. The lowest BCUT2D eigenvalue weighted by molar-refractivity contribution is -0.116. The van der Waals surface area contributed by atoms with Crippen LogP contribution in [0.25, 0.3) is 0 Å². The molecule has 16 heavy (non-hydrogen) atoms. The summed E-state index contributed by atoms with van der Waals surface area (Å²) in [6, 6.07) is 5.81. The average molecular weight is 240 g/mol. The number of nitrogens with zero attached hydrogens (tertiary/aromatic N) is 1. The molecule has 1 unspecified atom stereocenters. The molecule has 0 bridgehead atoms. The summed E-state index contributed by atoms with van der Waals surface area (Å²) in [5.41, 5.74) is 1.93. The maximum Gasteiger partial charge on any atom is 0.242 e. The van der Waals surface area contributed by atoms with Crippen LogP contribution in [0, 0.1) is 6.92 Å². The van der Waals surface area contributed by atoms with Crippen LogP contribution in [-0.2, 0) is 4.79 Å². The van der Waals surface area contributed by atoms with Crippen molar-refractivity contribution in [3.05, 3.63) is 23.8 Å². The van der Waals surface area contributed by atoms with E-state index >= 15 is 0 Å². The number of halogens is 1. The molecular formula is C12H14ClNO2. The van der Waals surface area contributed by atoms with E-state index in [0.717, 1.165) is 17.0 Å². The van der Waals surface area contributed by atoms with Crippen LogP contribution in [0.5, 0.6) is 5.75 Å². The number of ether oxygens (including phenoxy) is 1. The minimum absolute atomic E-state index is 0.0000361. The van der Waals surface area contributed by atoms with Crippen molar-refractivity contribution in [3.63, 3.8) is 0 Å². The summed E-state index contributed by atoms with van der Waals surface area (Å²) in [5.74, 6) is 0.680. The van der Waals surface area contributed by atoms with Gasteiger partial charge in [-0.3, -0.25) is 4.79 Å². The standard InChI is InChI=1S/C12H14ClNO2/c1-8-3-4-10-11(5-8)16-9(2)7-14(10)12(15)6-13/h3-5,9H,6-7H2,1-2H3. The fourth-order valence-corrected chi connectivity index (χ4v) is 2.00. The van der Waals surface area contributed by atoms with Crippen LogP contribution >= 0.6 is 11.6 Å². The van der Waals surface area contributed by atoms with E-state index in [-0.39, 0.29) is 17.9 Å². The number of aryl methyl sites for hydroxylation is 1.